The molecule has 1 fully saturated rings. The summed E-state index contributed by atoms with van der Waals surface area (Å²) in [5.74, 6) is -0.166. The van der Waals surface area contributed by atoms with E-state index < -0.39 is 11.4 Å². The standard InChI is InChI=1S/C19H21FN4O/c1-19(22)9-4-10-23(13-19)17-8-7-16(20)18(25)24(17)12-15-6-3-2-5-14(15)11-21/h2-3,5-8H,4,9-10,12-13,22H2,1H3. The molecule has 6 heteroatoms. The van der Waals surface area contributed by atoms with Crippen LogP contribution in [0.15, 0.2) is 41.2 Å². The number of nitrogens with zero attached hydrogens (tertiary/aromatic N) is 3. The first-order valence-corrected chi connectivity index (χ1v) is 8.32. The molecule has 1 aliphatic rings. The second kappa shape index (κ2) is 6.69. The summed E-state index contributed by atoms with van der Waals surface area (Å²) >= 11 is 0. The molecule has 130 valence electrons. The molecule has 2 N–H and O–H groups in total. The molecular formula is C19H21FN4O. The number of benzene rings is 1. The Kier molecular flexibility index (Phi) is 4.60. The largest absolute Gasteiger partial charge is 0.356 e. The Morgan fingerprint density at radius 1 is 1.32 bits per heavy atom. The average Bonchev–Trinajstić information content (AvgIpc) is 2.58. The summed E-state index contributed by atoms with van der Waals surface area (Å²) in [7, 11) is 0. The number of hydrogen-bond donors (Lipinski definition) is 1. The summed E-state index contributed by atoms with van der Waals surface area (Å²) in [5.41, 5.74) is 6.41. The minimum absolute atomic E-state index is 0.146. The fraction of sp³-hybridized carbons (Fsp3) is 0.368. The maximum Gasteiger partial charge on any atom is 0.288 e. The molecule has 0 aliphatic carbocycles. The number of piperidine rings is 1. The van der Waals surface area contributed by atoms with Crippen LogP contribution in [0, 0.1) is 17.1 Å². The molecule has 0 bridgehead atoms. The molecule has 1 aromatic heterocycles. The third kappa shape index (κ3) is 3.57. The van der Waals surface area contributed by atoms with Gasteiger partial charge in [-0.25, -0.2) is 4.39 Å². The highest BCUT2D eigenvalue weighted by Crippen LogP contribution is 2.24. The van der Waals surface area contributed by atoms with Gasteiger partial charge < -0.3 is 10.6 Å². The molecule has 5 nitrogen and oxygen atoms in total. The molecule has 0 radical (unpaired) electrons. The van der Waals surface area contributed by atoms with Crippen molar-refractivity contribution < 1.29 is 4.39 Å². The Balaban J connectivity index is 2.05. The maximum absolute atomic E-state index is 13.9. The average molecular weight is 340 g/mol. The summed E-state index contributed by atoms with van der Waals surface area (Å²) in [4.78, 5) is 14.5. The van der Waals surface area contributed by atoms with Gasteiger partial charge in [0.1, 0.15) is 5.82 Å². The zero-order valence-corrected chi connectivity index (χ0v) is 14.2. The zero-order chi connectivity index (χ0) is 18.0. The molecule has 0 amide bonds. The van der Waals surface area contributed by atoms with Crippen LogP contribution in [0.3, 0.4) is 0 Å². The third-order valence-corrected chi connectivity index (χ3v) is 4.62. The SMILES string of the molecule is CC1(N)CCCN(c2ccc(F)c(=O)n2Cc2ccccc2C#N)C1. The first kappa shape index (κ1) is 17.2. The van der Waals surface area contributed by atoms with E-state index >= 15 is 0 Å². The van der Waals surface area contributed by atoms with Crippen molar-refractivity contribution in [2.45, 2.75) is 31.8 Å². The van der Waals surface area contributed by atoms with Crippen molar-refractivity contribution in [2.75, 3.05) is 18.0 Å². The molecule has 3 rings (SSSR count). The molecule has 0 saturated carbocycles. The predicted molar refractivity (Wildman–Crippen MR) is 95.0 cm³/mol. The number of halogens is 1. The van der Waals surface area contributed by atoms with E-state index in [1.165, 1.54) is 10.6 Å². The molecule has 2 aromatic rings. The van der Waals surface area contributed by atoms with Crippen molar-refractivity contribution in [3.8, 4) is 6.07 Å². The minimum atomic E-state index is -0.800. The van der Waals surface area contributed by atoms with E-state index in [9.17, 15) is 14.4 Å². The second-order valence-electron chi connectivity index (χ2n) is 6.88. The van der Waals surface area contributed by atoms with Crippen LogP contribution < -0.4 is 16.2 Å². The summed E-state index contributed by atoms with van der Waals surface area (Å²) in [6.45, 7) is 3.49. The third-order valence-electron chi connectivity index (χ3n) is 4.62. The van der Waals surface area contributed by atoms with Gasteiger partial charge in [-0.05, 0) is 43.5 Å². The van der Waals surface area contributed by atoms with Crippen LogP contribution in [0.1, 0.15) is 30.9 Å². The van der Waals surface area contributed by atoms with E-state index in [-0.39, 0.29) is 12.1 Å². The van der Waals surface area contributed by atoms with Crippen LogP contribution in [-0.4, -0.2) is 23.2 Å². The lowest BCUT2D eigenvalue weighted by Gasteiger charge is -2.39. The van der Waals surface area contributed by atoms with E-state index in [1.807, 2.05) is 11.8 Å². The van der Waals surface area contributed by atoms with Crippen LogP contribution in [0.5, 0.6) is 0 Å². The highest BCUT2D eigenvalue weighted by atomic mass is 19.1. The van der Waals surface area contributed by atoms with Crippen molar-refractivity contribution in [3.63, 3.8) is 0 Å². The summed E-state index contributed by atoms with van der Waals surface area (Å²) < 4.78 is 15.3. The van der Waals surface area contributed by atoms with E-state index in [4.69, 9.17) is 5.73 Å². The highest BCUT2D eigenvalue weighted by Gasteiger charge is 2.28. The van der Waals surface area contributed by atoms with Gasteiger partial charge in [-0.15, -0.1) is 0 Å². The topological polar surface area (TPSA) is 75.0 Å². The van der Waals surface area contributed by atoms with Gasteiger partial charge in [-0.3, -0.25) is 9.36 Å². The van der Waals surface area contributed by atoms with Crippen LogP contribution in [0.25, 0.3) is 0 Å². The van der Waals surface area contributed by atoms with Crippen molar-refractivity contribution in [2.24, 2.45) is 5.73 Å². The lowest BCUT2D eigenvalue weighted by Crippen LogP contribution is -2.53. The van der Waals surface area contributed by atoms with E-state index in [0.29, 0.717) is 23.5 Å². The van der Waals surface area contributed by atoms with Gasteiger partial charge in [-0.1, -0.05) is 18.2 Å². The van der Waals surface area contributed by atoms with Gasteiger partial charge in [-0.2, -0.15) is 5.26 Å². The first-order valence-electron chi connectivity index (χ1n) is 8.32. The van der Waals surface area contributed by atoms with Crippen molar-refractivity contribution in [3.05, 3.63) is 63.7 Å². The Labute approximate surface area is 146 Å². The first-order chi connectivity index (χ1) is 11.9. The fourth-order valence-electron chi connectivity index (χ4n) is 3.37. The molecule has 0 spiro atoms. The Hall–Kier alpha value is -2.65. The predicted octanol–water partition coefficient (Wildman–Crippen LogP) is 2.22. The number of rotatable bonds is 3. The lowest BCUT2D eigenvalue weighted by molar-refractivity contribution is 0.370. The minimum Gasteiger partial charge on any atom is -0.356 e. The monoisotopic (exact) mass is 340 g/mol. The van der Waals surface area contributed by atoms with Crippen molar-refractivity contribution in [1.82, 2.24) is 4.57 Å². The Bertz CT molecular complexity index is 882. The number of nitriles is 1. The number of pyridine rings is 1. The van der Waals surface area contributed by atoms with Gasteiger partial charge in [0.2, 0.25) is 0 Å². The van der Waals surface area contributed by atoms with Gasteiger partial charge in [0.15, 0.2) is 5.82 Å². The summed E-state index contributed by atoms with van der Waals surface area (Å²) in [6.07, 6.45) is 1.82. The van der Waals surface area contributed by atoms with Crippen LogP contribution in [0.4, 0.5) is 10.2 Å². The van der Waals surface area contributed by atoms with Crippen LogP contribution in [0.2, 0.25) is 0 Å². The molecule has 25 heavy (non-hydrogen) atoms. The van der Waals surface area contributed by atoms with E-state index in [1.54, 1.807) is 30.3 Å². The van der Waals surface area contributed by atoms with Gasteiger partial charge in [0, 0.05) is 18.6 Å². The van der Waals surface area contributed by atoms with Crippen molar-refractivity contribution >= 4 is 5.82 Å². The number of aromatic nitrogens is 1. The lowest BCUT2D eigenvalue weighted by atomic mass is 9.92. The maximum atomic E-state index is 13.9. The number of nitrogens with two attached hydrogens (primary N) is 1. The van der Waals surface area contributed by atoms with Gasteiger partial charge >= 0.3 is 0 Å². The smallest absolute Gasteiger partial charge is 0.288 e. The van der Waals surface area contributed by atoms with Crippen LogP contribution >= 0.6 is 0 Å². The molecule has 1 unspecified atom stereocenters. The molecule has 2 heterocycles. The molecule has 1 aliphatic heterocycles. The number of anilines is 1. The number of hydrogen-bond acceptors (Lipinski definition) is 4. The van der Waals surface area contributed by atoms with Crippen molar-refractivity contribution in [1.29, 1.82) is 5.26 Å². The van der Waals surface area contributed by atoms with Gasteiger partial charge in [0.25, 0.3) is 5.56 Å². The van der Waals surface area contributed by atoms with E-state index in [0.717, 1.165) is 19.4 Å². The molecule has 1 atom stereocenters. The zero-order valence-electron chi connectivity index (χ0n) is 14.2. The molecular weight excluding hydrogens is 319 g/mol. The molecule has 1 aromatic carbocycles. The fourth-order valence-corrected chi connectivity index (χ4v) is 3.37. The quantitative estimate of drug-likeness (QED) is 0.930. The molecule has 1 saturated heterocycles. The summed E-state index contributed by atoms with van der Waals surface area (Å²) in [6, 6.07) is 12.0. The van der Waals surface area contributed by atoms with Crippen LogP contribution in [-0.2, 0) is 6.54 Å². The normalized spacial score (nSPS) is 20.3. The van der Waals surface area contributed by atoms with E-state index in [2.05, 4.69) is 6.07 Å². The second-order valence-corrected chi connectivity index (χ2v) is 6.88. The summed E-state index contributed by atoms with van der Waals surface area (Å²) in [5, 5.41) is 9.27. The van der Waals surface area contributed by atoms with Gasteiger partial charge in [0.05, 0.1) is 18.2 Å². The Morgan fingerprint density at radius 3 is 2.80 bits per heavy atom. The Morgan fingerprint density at radius 2 is 2.08 bits per heavy atom. The highest BCUT2D eigenvalue weighted by molar-refractivity contribution is 5.44.